The van der Waals surface area contributed by atoms with Gasteiger partial charge in [0.15, 0.2) is 0 Å². The average Bonchev–Trinajstić information content (AvgIpc) is 2.25. The van der Waals surface area contributed by atoms with Crippen LogP contribution < -0.4 is 10.6 Å². The molecule has 2 N–H and O–H groups in total. The summed E-state index contributed by atoms with van der Waals surface area (Å²) in [5.41, 5.74) is 7.11. The highest BCUT2D eigenvalue weighted by atomic mass is 19.1. The lowest BCUT2D eigenvalue weighted by Gasteiger charge is -2.22. The highest BCUT2D eigenvalue weighted by Gasteiger charge is 2.11. The van der Waals surface area contributed by atoms with Gasteiger partial charge in [-0.05, 0) is 18.1 Å². The highest BCUT2D eigenvalue weighted by Crippen LogP contribution is 2.23. The van der Waals surface area contributed by atoms with E-state index in [2.05, 4.69) is 6.92 Å². The van der Waals surface area contributed by atoms with Crippen LogP contribution in [0, 0.1) is 5.82 Å². The fourth-order valence-corrected chi connectivity index (χ4v) is 1.66. The standard InChI is InChI=1S/C12H19FN2/c1-3-4-8-15(2)12-10(9-14)6-5-7-11(12)13/h5-7H,3-4,8-9,14H2,1-2H3. The molecule has 0 aliphatic carbocycles. The Morgan fingerprint density at radius 2 is 2.13 bits per heavy atom. The molecule has 0 fully saturated rings. The molecule has 15 heavy (non-hydrogen) atoms. The number of benzene rings is 1. The molecule has 1 rings (SSSR count). The second-order valence-corrected chi connectivity index (χ2v) is 3.73. The van der Waals surface area contributed by atoms with Crippen molar-refractivity contribution in [2.24, 2.45) is 5.73 Å². The molecule has 0 heterocycles. The molecule has 0 saturated heterocycles. The van der Waals surface area contributed by atoms with Gasteiger partial charge in [0.25, 0.3) is 0 Å². The molecule has 0 bridgehead atoms. The number of para-hydroxylation sites is 1. The van der Waals surface area contributed by atoms with E-state index in [4.69, 9.17) is 5.73 Å². The van der Waals surface area contributed by atoms with Crippen molar-refractivity contribution in [1.29, 1.82) is 0 Å². The number of hydrogen-bond acceptors (Lipinski definition) is 2. The van der Waals surface area contributed by atoms with Gasteiger partial charge in [0.1, 0.15) is 5.82 Å². The first kappa shape index (κ1) is 12.0. The number of unbranched alkanes of at least 4 members (excludes halogenated alkanes) is 1. The molecule has 0 radical (unpaired) electrons. The van der Waals surface area contributed by atoms with Gasteiger partial charge in [-0.1, -0.05) is 25.5 Å². The Bertz CT molecular complexity index is 312. The van der Waals surface area contributed by atoms with E-state index in [9.17, 15) is 4.39 Å². The predicted octanol–water partition coefficient (Wildman–Crippen LogP) is 2.52. The van der Waals surface area contributed by atoms with Crippen molar-refractivity contribution in [1.82, 2.24) is 0 Å². The zero-order valence-corrected chi connectivity index (χ0v) is 9.46. The maximum Gasteiger partial charge on any atom is 0.146 e. The van der Waals surface area contributed by atoms with Crippen LogP contribution in [0.4, 0.5) is 10.1 Å². The van der Waals surface area contributed by atoms with Crippen molar-refractivity contribution in [3.8, 4) is 0 Å². The Balaban J connectivity index is 2.90. The molecule has 1 aromatic carbocycles. The van der Waals surface area contributed by atoms with Crippen molar-refractivity contribution in [2.45, 2.75) is 26.3 Å². The van der Waals surface area contributed by atoms with E-state index in [0.717, 1.165) is 24.9 Å². The summed E-state index contributed by atoms with van der Waals surface area (Å²) in [5.74, 6) is -0.184. The van der Waals surface area contributed by atoms with E-state index >= 15 is 0 Å². The fourth-order valence-electron chi connectivity index (χ4n) is 1.66. The minimum Gasteiger partial charge on any atom is -0.372 e. The van der Waals surface area contributed by atoms with E-state index in [-0.39, 0.29) is 5.82 Å². The SMILES string of the molecule is CCCCN(C)c1c(F)cccc1CN. The van der Waals surface area contributed by atoms with Crippen LogP contribution in [0.2, 0.25) is 0 Å². The molecule has 3 heteroatoms. The predicted molar refractivity (Wildman–Crippen MR) is 62.5 cm³/mol. The summed E-state index contributed by atoms with van der Waals surface area (Å²) >= 11 is 0. The lowest BCUT2D eigenvalue weighted by atomic mass is 10.1. The number of nitrogens with two attached hydrogens (primary N) is 1. The second kappa shape index (κ2) is 5.71. The van der Waals surface area contributed by atoms with Crippen LogP contribution >= 0.6 is 0 Å². The molecule has 0 amide bonds. The molecular formula is C12H19FN2. The number of halogens is 1. The Kier molecular flexibility index (Phi) is 4.56. The molecule has 0 saturated carbocycles. The van der Waals surface area contributed by atoms with Crippen LogP contribution in [-0.2, 0) is 6.54 Å². The summed E-state index contributed by atoms with van der Waals surface area (Å²) < 4.78 is 13.6. The van der Waals surface area contributed by atoms with Crippen LogP contribution in [0.15, 0.2) is 18.2 Å². The Morgan fingerprint density at radius 1 is 1.40 bits per heavy atom. The Labute approximate surface area is 90.9 Å². The van der Waals surface area contributed by atoms with Crippen LogP contribution in [0.25, 0.3) is 0 Å². The van der Waals surface area contributed by atoms with E-state index in [1.165, 1.54) is 6.07 Å². The number of rotatable bonds is 5. The molecular weight excluding hydrogens is 191 g/mol. The summed E-state index contributed by atoms with van der Waals surface area (Å²) in [5, 5.41) is 0. The van der Waals surface area contributed by atoms with Crippen LogP contribution in [-0.4, -0.2) is 13.6 Å². The minimum atomic E-state index is -0.184. The van der Waals surface area contributed by atoms with Crippen molar-refractivity contribution < 1.29 is 4.39 Å². The zero-order chi connectivity index (χ0) is 11.3. The lowest BCUT2D eigenvalue weighted by molar-refractivity contribution is 0.617. The van der Waals surface area contributed by atoms with Gasteiger partial charge >= 0.3 is 0 Å². The first-order valence-electron chi connectivity index (χ1n) is 5.39. The monoisotopic (exact) mass is 210 g/mol. The zero-order valence-electron chi connectivity index (χ0n) is 9.46. The van der Waals surface area contributed by atoms with Gasteiger partial charge in [0.2, 0.25) is 0 Å². The van der Waals surface area contributed by atoms with Gasteiger partial charge in [-0.3, -0.25) is 0 Å². The van der Waals surface area contributed by atoms with Crippen molar-refractivity contribution in [3.63, 3.8) is 0 Å². The minimum absolute atomic E-state index is 0.184. The van der Waals surface area contributed by atoms with Gasteiger partial charge in [-0.15, -0.1) is 0 Å². The summed E-state index contributed by atoms with van der Waals surface area (Å²) in [7, 11) is 1.91. The third-order valence-corrected chi connectivity index (χ3v) is 2.52. The van der Waals surface area contributed by atoms with Crippen LogP contribution in [0.3, 0.4) is 0 Å². The maximum absolute atomic E-state index is 13.6. The number of hydrogen-bond donors (Lipinski definition) is 1. The van der Waals surface area contributed by atoms with E-state index in [1.807, 2.05) is 18.0 Å². The molecule has 0 aliphatic heterocycles. The summed E-state index contributed by atoms with van der Waals surface area (Å²) in [6.07, 6.45) is 2.17. The highest BCUT2D eigenvalue weighted by molar-refractivity contribution is 5.54. The fraction of sp³-hybridized carbons (Fsp3) is 0.500. The molecule has 0 aliphatic rings. The molecule has 0 unspecified atom stereocenters. The lowest BCUT2D eigenvalue weighted by Crippen LogP contribution is -2.22. The third-order valence-electron chi connectivity index (χ3n) is 2.52. The van der Waals surface area contributed by atoms with Crippen molar-refractivity contribution >= 4 is 5.69 Å². The second-order valence-electron chi connectivity index (χ2n) is 3.73. The molecule has 2 nitrogen and oxygen atoms in total. The van der Waals surface area contributed by atoms with Crippen LogP contribution in [0.5, 0.6) is 0 Å². The molecule has 0 aromatic heterocycles. The number of nitrogens with zero attached hydrogens (tertiary/aromatic N) is 1. The Hall–Kier alpha value is -1.09. The smallest absolute Gasteiger partial charge is 0.146 e. The maximum atomic E-state index is 13.6. The van der Waals surface area contributed by atoms with Crippen molar-refractivity contribution in [2.75, 3.05) is 18.5 Å². The molecule has 0 spiro atoms. The average molecular weight is 210 g/mol. The van der Waals surface area contributed by atoms with Gasteiger partial charge in [0.05, 0.1) is 5.69 Å². The quantitative estimate of drug-likeness (QED) is 0.809. The first-order chi connectivity index (χ1) is 7.20. The van der Waals surface area contributed by atoms with Gasteiger partial charge in [0, 0.05) is 20.1 Å². The first-order valence-corrected chi connectivity index (χ1v) is 5.39. The number of anilines is 1. The van der Waals surface area contributed by atoms with Crippen molar-refractivity contribution in [3.05, 3.63) is 29.6 Å². The van der Waals surface area contributed by atoms with E-state index < -0.39 is 0 Å². The molecule has 84 valence electrons. The molecule has 1 aromatic rings. The largest absolute Gasteiger partial charge is 0.372 e. The van der Waals surface area contributed by atoms with E-state index in [0.29, 0.717) is 12.2 Å². The third kappa shape index (κ3) is 2.93. The summed E-state index contributed by atoms with van der Waals surface area (Å²) in [4.78, 5) is 1.95. The topological polar surface area (TPSA) is 29.3 Å². The van der Waals surface area contributed by atoms with Crippen LogP contribution in [0.1, 0.15) is 25.3 Å². The normalized spacial score (nSPS) is 10.4. The van der Waals surface area contributed by atoms with Gasteiger partial charge < -0.3 is 10.6 Å². The summed E-state index contributed by atoms with van der Waals surface area (Å²) in [6, 6.07) is 5.06. The van der Waals surface area contributed by atoms with Gasteiger partial charge in [-0.25, -0.2) is 4.39 Å². The summed E-state index contributed by atoms with van der Waals surface area (Å²) in [6.45, 7) is 3.37. The van der Waals surface area contributed by atoms with Gasteiger partial charge in [-0.2, -0.15) is 0 Å². The van der Waals surface area contributed by atoms with E-state index in [1.54, 1.807) is 6.07 Å². The molecule has 0 atom stereocenters. The Morgan fingerprint density at radius 3 is 2.73 bits per heavy atom.